The normalized spacial score (nSPS) is 16.4. The third-order valence-electron chi connectivity index (χ3n) is 1.01. The Labute approximate surface area is 66.6 Å². The summed E-state index contributed by atoms with van der Waals surface area (Å²) in [7, 11) is 0. The van der Waals surface area contributed by atoms with E-state index in [1.807, 2.05) is 0 Å². The van der Waals surface area contributed by atoms with Crippen LogP contribution in [0.5, 0.6) is 0 Å². The van der Waals surface area contributed by atoms with E-state index in [0.29, 0.717) is 0 Å². The number of hydrogen-bond acceptors (Lipinski definition) is 4. The first-order chi connectivity index (χ1) is 4.63. The number of aliphatic hydroxyl groups excluding tert-OH is 3. The summed E-state index contributed by atoms with van der Waals surface area (Å²) in [6, 6.07) is 0. The van der Waals surface area contributed by atoms with Crippen molar-refractivity contribution in [2.75, 3.05) is 11.9 Å². The summed E-state index contributed by atoms with van der Waals surface area (Å²) < 4.78 is 0. The maximum Gasteiger partial charge on any atom is 0.189 e. The second-order valence-electron chi connectivity index (χ2n) is 1.79. The summed E-state index contributed by atoms with van der Waals surface area (Å²) in [6.07, 6.45) is -2.62. The number of Topliss-reactive ketones (excluding diaryl/α,β-unsaturated/α-hetero) is 1. The molecule has 10 heavy (non-hydrogen) atoms. The van der Waals surface area contributed by atoms with Gasteiger partial charge >= 0.3 is 0 Å². The van der Waals surface area contributed by atoms with Crippen molar-refractivity contribution < 1.29 is 20.1 Å². The van der Waals surface area contributed by atoms with Crippen LogP contribution >= 0.6 is 15.9 Å². The Hall–Kier alpha value is 0.0300. The van der Waals surface area contributed by atoms with Gasteiger partial charge in [-0.3, -0.25) is 4.79 Å². The number of ketones is 1. The number of halogens is 1. The van der Waals surface area contributed by atoms with Gasteiger partial charge in [-0.05, 0) is 0 Å². The molecule has 0 aromatic rings. The van der Waals surface area contributed by atoms with Crippen molar-refractivity contribution in [2.45, 2.75) is 12.2 Å². The first-order valence-electron chi connectivity index (χ1n) is 2.69. The number of aliphatic hydroxyl groups is 3. The van der Waals surface area contributed by atoms with Crippen LogP contribution in [0.1, 0.15) is 0 Å². The summed E-state index contributed by atoms with van der Waals surface area (Å²) in [5, 5.41) is 25.9. The highest BCUT2D eigenvalue weighted by atomic mass is 79.9. The molecule has 0 radical (unpaired) electrons. The Morgan fingerprint density at radius 2 is 2.00 bits per heavy atom. The van der Waals surface area contributed by atoms with Crippen molar-refractivity contribution in [3.63, 3.8) is 0 Å². The molecule has 0 saturated carbocycles. The van der Waals surface area contributed by atoms with Crippen LogP contribution in [0.3, 0.4) is 0 Å². The van der Waals surface area contributed by atoms with Crippen LogP contribution in [0.4, 0.5) is 0 Å². The van der Waals surface area contributed by atoms with Gasteiger partial charge in [-0.1, -0.05) is 15.9 Å². The molecule has 0 rings (SSSR count). The predicted octanol–water partition coefficient (Wildman–Crippen LogP) is -1.34. The fraction of sp³-hybridized carbons (Fsp3) is 0.800. The van der Waals surface area contributed by atoms with E-state index < -0.39 is 24.6 Å². The lowest BCUT2D eigenvalue weighted by Crippen LogP contribution is -2.36. The molecule has 0 spiro atoms. The lowest BCUT2D eigenvalue weighted by atomic mass is 10.1. The fourth-order valence-electron chi connectivity index (χ4n) is 0.392. The molecule has 0 aliphatic rings. The van der Waals surface area contributed by atoms with Crippen molar-refractivity contribution in [1.29, 1.82) is 0 Å². The van der Waals surface area contributed by atoms with Crippen molar-refractivity contribution in [3.8, 4) is 0 Å². The Kier molecular flexibility index (Phi) is 4.80. The van der Waals surface area contributed by atoms with E-state index in [1.165, 1.54) is 0 Å². The second-order valence-corrected chi connectivity index (χ2v) is 2.44. The Balaban J connectivity index is 3.81. The van der Waals surface area contributed by atoms with E-state index in [9.17, 15) is 4.79 Å². The molecule has 0 saturated heterocycles. The van der Waals surface area contributed by atoms with Crippen molar-refractivity contribution in [1.82, 2.24) is 0 Å². The van der Waals surface area contributed by atoms with Gasteiger partial charge in [0.2, 0.25) is 0 Å². The van der Waals surface area contributed by atoms with Gasteiger partial charge in [-0.15, -0.1) is 0 Å². The topological polar surface area (TPSA) is 77.8 Å². The van der Waals surface area contributed by atoms with Crippen LogP contribution in [0.25, 0.3) is 0 Å². The van der Waals surface area contributed by atoms with Gasteiger partial charge in [-0.25, -0.2) is 0 Å². The standard InChI is InChI=1S/C5H9BrO4/c6-1-3(8)5(10)4(9)2-7/h3,5,7-8,10H,1-2H2/t3-,5+/m1/s1. The molecule has 4 nitrogen and oxygen atoms in total. The summed E-state index contributed by atoms with van der Waals surface area (Å²) >= 11 is 2.87. The lowest BCUT2D eigenvalue weighted by Gasteiger charge is -2.11. The van der Waals surface area contributed by atoms with E-state index in [0.717, 1.165) is 0 Å². The van der Waals surface area contributed by atoms with Crippen LogP contribution in [-0.4, -0.2) is 45.2 Å². The first-order valence-corrected chi connectivity index (χ1v) is 3.81. The van der Waals surface area contributed by atoms with Gasteiger partial charge in [0.15, 0.2) is 5.78 Å². The molecular weight excluding hydrogens is 204 g/mol. The van der Waals surface area contributed by atoms with E-state index in [4.69, 9.17) is 15.3 Å². The second kappa shape index (κ2) is 4.79. The van der Waals surface area contributed by atoms with Crippen molar-refractivity contribution in [2.24, 2.45) is 0 Å². The minimum absolute atomic E-state index is 0.111. The molecule has 0 heterocycles. The van der Waals surface area contributed by atoms with Crippen molar-refractivity contribution in [3.05, 3.63) is 0 Å². The molecule has 0 unspecified atom stereocenters. The molecule has 2 atom stereocenters. The zero-order chi connectivity index (χ0) is 8.15. The van der Waals surface area contributed by atoms with E-state index in [-0.39, 0.29) is 5.33 Å². The molecule has 60 valence electrons. The number of carbonyl (C=O) groups is 1. The fourth-order valence-corrected chi connectivity index (χ4v) is 0.747. The SMILES string of the molecule is O=C(CO)[C@@H](O)[C@H](O)CBr. The first kappa shape index (κ1) is 10.0. The summed E-state index contributed by atoms with van der Waals surface area (Å²) in [5.41, 5.74) is 0. The van der Waals surface area contributed by atoms with Gasteiger partial charge in [0.1, 0.15) is 12.7 Å². The zero-order valence-corrected chi connectivity index (χ0v) is 6.78. The van der Waals surface area contributed by atoms with Gasteiger partial charge < -0.3 is 15.3 Å². The van der Waals surface area contributed by atoms with Crippen molar-refractivity contribution >= 4 is 21.7 Å². The van der Waals surface area contributed by atoms with Crippen LogP contribution in [-0.2, 0) is 4.79 Å². The third kappa shape index (κ3) is 2.74. The predicted molar refractivity (Wildman–Crippen MR) is 37.9 cm³/mol. The third-order valence-corrected chi connectivity index (χ3v) is 1.67. The number of hydrogen-bond donors (Lipinski definition) is 3. The largest absolute Gasteiger partial charge is 0.389 e. The number of alkyl halides is 1. The van der Waals surface area contributed by atoms with Gasteiger partial charge in [-0.2, -0.15) is 0 Å². The highest BCUT2D eigenvalue weighted by Gasteiger charge is 2.21. The average molecular weight is 213 g/mol. The maximum atomic E-state index is 10.4. The molecule has 0 aliphatic carbocycles. The number of rotatable bonds is 4. The van der Waals surface area contributed by atoms with E-state index >= 15 is 0 Å². The summed E-state index contributed by atoms with van der Waals surface area (Å²) in [5.74, 6) is -0.771. The molecule has 0 fully saturated rings. The van der Waals surface area contributed by atoms with Crippen LogP contribution < -0.4 is 0 Å². The molecule has 5 heteroatoms. The Morgan fingerprint density at radius 3 is 2.30 bits per heavy atom. The van der Waals surface area contributed by atoms with Crippen LogP contribution in [0, 0.1) is 0 Å². The molecule has 0 aliphatic heterocycles. The number of carbonyl (C=O) groups excluding carboxylic acids is 1. The Morgan fingerprint density at radius 1 is 1.50 bits per heavy atom. The van der Waals surface area contributed by atoms with Gasteiger partial charge in [0.05, 0.1) is 6.10 Å². The van der Waals surface area contributed by atoms with Gasteiger partial charge in [0.25, 0.3) is 0 Å². The molecular formula is C5H9BrO4. The van der Waals surface area contributed by atoms with Crippen LogP contribution in [0.2, 0.25) is 0 Å². The van der Waals surface area contributed by atoms with Gasteiger partial charge in [0, 0.05) is 5.33 Å². The highest BCUT2D eigenvalue weighted by molar-refractivity contribution is 9.09. The highest BCUT2D eigenvalue weighted by Crippen LogP contribution is 1.98. The van der Waals surface area contributed by atoms with Crippen LogP contribution in [0.15, 0.2) is 0 Å². The van der Waals surface area contributed by atoms with E-state index in [1.54, 1.807) is 0 Å². The average Bonchev–Trinajstić information content (AvgIpc) is 2.00. The quantitative estimate of drug-likeness (QED) is 0.505. The lowest BCUT2D eigenvalue weighted by molar-refractivity contribution is -0.134. The minimum Gasteiger partial charge on any atom is -0.389 e. The molecule has 3 N–H and O–H groups in total. The molecule has 0 bridgehead atoms. The van der Waals surface area contributed by atoms with E-state index in [2.05, 4.69) is 15.9 Å². The molecule has 0 aromatic heterocycles. The zero-order valence-electron chi connectivity index (χ0n) is 5.20. The minimum atomic E-state index is -1.48. The molecule has 0 aromatic carbocycles. The smallest absolute Gasteiger partial charge is 0.189 e. The summed E-state index contributed by atoms with van der Waals surface area (Å²) in [4.78, 5) is 10.4. The Bertz CT molecular complexity index is 116. The summed E-state index contributed by atoms with van der Waals surface area (Å²) in [6.45, 7) is -0.745. The monoisotopic (exact) mass is 212 g/mol. The molecule has 0 amide bonds. The maximum absolute atomic E-state index is 10.4.